The average molecular weight is 326 g/mol. The maximum absolute atomic E-state index is 12.1. The number of hydrogen-bond donors (Lipinski definition) is 1. The van der Waals surface area contributed by atoms with Crippen molar-refractivity contribution in [2.24, 2.45) is 0 Å². The Morgan fingerprint density at radius 1 is 1.29 bits per heavy atom. The second-order valence-corrected chi connectivity index (χ2v) is 8.52. The lowest BCUT2D eigenvalue weighted by Gasteiger charge is -2.29. The van der Waals surface area contributed by atoms with Crippen molar-refractivity contribution in [1.82, 2.24) is 10.2 Å². The Labute approximate surface area is 129 Å². The van der Waals surface area contributed by atoms with E-state index in [4.69, 9.17) is 0 Å². The molecule has 2 aliphatic heterocycles. The van der Waals surface area contributed by atoms with E-state index in [1.807, 2.05) is 30.5 Å². The largest absolute Gasteiger partial charge is 0.318 e. The van der Waals surface area contributed by atoms with E-state index in [0.717, 1.165) is 10.5 Å². The molecule has 114 valence electrons. The number of benzene rings is 1. The number of thioether (sulfide) groups is 1. The number of nitrogens with one attached hydrogen (secondary N) is 1. The zero-order valence-electron chi connectivity index (χ0n) is 11.8. The van der Waals surface area contributed by atoms with Gasteiger partial charge in [-0.15, -0.1) is 11.8 Å². The summed E-state index contributed by atoms with van der Waals surface area (Å²) in [6, 6.07) is 7.84. The Hall–Kier alpha value is -1.05. The fourth-order valence-electron chi connectivity index (χ4n) is 2.99. The Bertz CT molecular complexity index is 643. The average Bonchev–Trinajstić information content (AvgIpc) is 3.01. The van der Waals surface area contributed by atoms with Gasteiger partial charge in [-0.2, -0.15) is 0 Å². The molecule has 3 rings (SSSR count). The van der Waals surface area contributed by atoms with E-state index in [1.54, 1.807) is 16.7 Å². The third kappa shape index (κ3) is 2.95. The summed E-state index contributed by atoms with van der Waals surface area (Å²) in [5.74, 6) is 0.246. The molecule has 0 bridgehead atoms. The lowest BCUT2D eigenvalue weighted by molar-refractivity contribution is -0.129. The summed E-state index contributed by atoms with van der Waals surface area (Å²) in [4.78, 5) is 15.0. The smallest absolute Gasteiger partial charge is 0.238 e. The molecule has 2 fully saturated rings. The highest BCUT2D eigenvalue weighted by Gasteiger charge is 2.41. The predicted molar refractivity (Wildman–Crippen MR) is 82.9 cm³/mol. The summed E-state index contributed by atoms with van der Waals surface area (Å²) in [6.07, 6.45) is 2.34. The SMILES string of the molecule is CSc1ccc(C2NCC(=O)N2C2CCS(=O)(=O)C2)cc1. The molecule has 5 nitrogen and oxygen atoms in total. The summed E-state index contributed by atoms with van der Waals surface area (Å²) in [5, 5.41) is 3.19. The number of rotatable bonds is 3. The van der Waals surface area contributed by atoms with Crippen LogP contribution in [0.3, 0.4) is 0 Å². The number of nitrogens with zero attached hydrogens (tertiary/aromatic N) is 1. The van der Waals surface area contributed by atoms with E-state index in [1.165, 1.54) is 0 Å². The van der Waals surface area contributed by atoms with Crippen LogP contribution in [0.2, 0.25) is 0 Å². The molecule has 0 aromatic heterocycles. The standard InChI is InChI=1S/C14H18N2O3S2/c1-20-12-4-2-10(3-5-12)14-15-8-13(17)16(14)11-6-7-21(18,19)9-11/h2-5,11,14-15H,6-9H2,1H3. The van der Waals surface area contributed by atoms with Crippen LogP contribution >= 0.6 is 11.8 Å². The van der Waals surface area contributed by atoms with Gasteiger partial charge in [0, 0.05) is 10.9 Å². The van der Waals surface area contributed by atoms with Gasteiger partial charge in [-0.05, 0) is 30.4 Å². The first-order chi connectivity index (χ1) is 10.00. The number of carbonyl (C=O) groups is 1. The lowest BCUT2D eigenvalue weighted by atomic mass is 10.1. The first-order valence-corrected chi connectivity index (χ1v) is 9.94. The van der Waals surface area contributed by atoms with Gasteiger partial charge in [0.15, 0.2) is 9.84 Å². The van der Waals surface area contributed by atoms with Gasteiger partial charge in [0.25, 0.3) is 0 Å². The minimum absolute atomic E-state index is 0.0176. The number of amides is 1. The second-order valence-electron chi connectivity index (χ2n) is 5.41. The molecule has 1 aromatic rings. The molecule has 2 unspecified atom stereocenters. The van der Waals surface area contributed by atoms with Crippen molar-refractivity contribution >= 4 is 27.5 Å². The third-order valence-electron chi connectivity index (χ3n) is 4.05. The number of sulfone groups is 1. The minimum Gasteiger partial charge on any atom is -0.318 e. The normalized spacial score (nSPS) is 28.2. The third-order valence-corrected chi connectivity index (χ3v) is 6.54. The first-order valence-electron chi connectivity index (χ1n) is 6.89. The number of hydrogen-bond acceptors (Lipinski definition) is 5. The van der Waals surface area contributed by atoms with Crippen LogP contribution < -0.4 is 5.32 Å². The van der Waals surface area contributed by atoms with E-state index < -0.39 is 9.84 Å². The summed E-state index contributed by atoms with van der Waals surface area (Å²) in [7, 11) is -3.00. The molecule has 21 heavy (non-hydrogen) atoms. The van der Waals surface area contributed by atoms with E-state index in [0.29, 0.717) is 6.42 Å². The van der Waals surface area contributed by atoms with Crippen LogP contribution in [0.25, 0.3) is 0 Å². The van der Waals surface area contributed by atoms with Gasteiger partial charge in [-0.3, -0.25) is 10.1 Å². The van der Waals surface area contributed by atoms with Gasteiger partial charge in [-0.1, -0.05) is 12.1 Å². The summed E-state index contributed by atoms with van der Waals surface area (Å²) in [6.45, 7) is 0.269. The zero-order chi connectivity index (χ0) is 15.0. The Kier molecular flexibility index (Phi) is 3.98. The van der Waals surface area contributed by atoms with Crippen molar-refractivity contribution in [3.63, 3.8) is 0 Å². The topological polar surface area (TPSA) is 66.5 Å². The van der Waals surface area contributed by atoms with Crippen LogP contribution in [0.15, 0.2) is 29.2 Å². The quantitative estimate of drug-likeness (QED) is 0.840. The summed E-state index contributed by atoms with van der Waals surface area (Å²) >= 11 is 1.67. The van der Waals surface area contributed by atoms with E-state index in [9.17, 15) is 13.2 Å². The van der Waals surface area contributed by atoms with Gasteiger partial charge >= 0.3 is 0 Å². The fraction of sp³-hybridized carbons (Fsp3) is 0.500. The highest BCUT2D eigenvalue weighted by molar-refractivity contribution is 7.98. The van der Waals surface area contributed by atoms with Gasteiger partial charge < -0.3 is 4.90 Å². The van der Waals surface area contributed by atoms with Crippen LogP contribution in [-0.2, 0) is 14.6 Å². The first kappa shape index (κ1) is 14.9. The molecule has 2 heterocycles. The van der Waals surface area contributed by atoms with Gasteiger partial charge in [0.1, 0.15) is 6.17 Å². The minimum atomic E-state index is -3.00. The van der Waals surface area contributed by atoms with Crippen molar-refractivity contribution in [2.75, 3.05) is 24.3 Å². The molecular weight excluding hydrogens is 308 g/mol. The van der Waals surface area contributed by atoms with Crippen LogP contribution in [0.1, 0.15) is 18.2 Å². The van der Waals surface area contributed by atoms with Crippen LogP contribution in [-0.4, -0.2) is 49.6 Å². The second kappa shape index (κ2) is 5.62. The highest BCUT2D eigenvalue weighted by atomic mass is 32.2. The monoisotopic (exact) mass is 326 g/mol. The Balaban J connectivity index is 1.85. The maximum Gasteiger partial charge on any atom is 0.238 e. The van der Waals surface area contributed by atoms with Crippen molar-refractivity contribution < 1.29 is 13.2 Å². The zero-order valence-corrected chi connectivity index (χ0v) is 13.4. The van der Waals surface area contributed by atoms with E-state index in [-0.39, 0.29) is 36.2 Å². The van der Waals surface area contributed by atoms with Gasteiger partial charge in [0.05, 0.1) is 18.1 Å². The van der Waals surface area contributed by atoms with E-state index in [2.05, 4.69) is 5.32 Å². The molecule has 2 aliphatic rings. The lowest BCUT2D eigenvalue weighted by Crippen LogP contribution is -2.40. The fourth-order valence-corrected chi connectivity index (χ4v) is 5.11. The molecule has 1 amide bonds. The highest BCUT2D eigenvalue weighted by Crippen LogP contribution is 2.30. The van der Waals surface area contributed by atoms with E-state index >= 15 is 0 Å². The van der Waals surface area contributed by atoms with Crippen molar-refractivity contribution in [1.29, 1.82) is 0 Å². The van der Waals surface area contributed by atoms with Crippen molar-refractivity contribution in [3.8, 4) is 0 Å². The molecule has 1 N–H and O–H groups in total. The summed E-state index contributed by atoms with van der Waals surface area (Å²) < 4.78 is 23.3. The Morgan fingerprint density at radius 2 is 2.00 bits per heavy atom. The molecule has 7 heteroatoms. The maximum atomic E-state index is 12.1. The molecule has 0 saturated carbocycles. The van der Waals surface area contributed by atoms with Crippen molar-refractivity contribution in [3.05, 3.63) is 29.8 Å². The molecule has 2 atom stereocenters. The molecule has 0 radical (unpaired) electrons. The van der Waals surface area contributed by atoms with Crippen LogP contribution in [0, 0.1) is 0 Å². The molecule has 1 aromatic carbocycles. The molecular formula is C14H18N2O3S2. The predicted octanol–water partition coefficient (Wildman–Crippen LogP) is 1.03. The van der Waals surface area contributed by atoms with Gasteiger partial charge in [-0.25, -0.2) is 8.42 Å². The molecule has 2 saturated heterocycles. The van der Waals surface area contributed by atoms with Crippen LogP contribution in [0.4, 0.5) is 0 Å². The molecule has 0 spiro atoms. The van der Waals surface area contributed by atoms with Gasteiger partial charge in [0.2, 0.25) is 5.91 Å². The van der Waals surface area contributed by atoms with Crippen molar-refractivity contribution in [2.45, 2.75) is 23.5 Å². The van der Waals surface area contributed by atoms with Crippen LogP contribution in [0.5, 0.6) is 0 Å². The Morgan fingerprint density at radius 3 is 2.57 bits per heavy atom. The summed E-state index contributed by atoms with van der Waals surface area (Å²) in [5.41, 5.74) is 1.00. The molecule has 0 aliphatic carbocycles. The number of carbonyl (C=O) groups excluding carboxylic acids is 1.